The number of halogens is 2. The molecule has 0 aromatic heterocycles. The highest BCUT2D eigenvalue weighted by Gasteiger charge is 2.36. The number of piperidine rings is 1. The van der Waals surface area contributed by atoms with Crippen LogP contribution in [-0.4, -0.2) is 18.5 Å². The summed E-state index contributed by atoms with van der Waals surface area (Å²) in [6, 6.07) is 0.250. The van der Waals surface area contributed by atoms with Gasteiger partial charge in [0.2, 0.25) is 5.92 Å². The van der Waals surface area contributed by atoms with Crippen LogP contribution in [0.4, 0.5) is 8.78 Å². The van der Waals surface area contributed by atoms with E-state index in [0.717, 1.165) is 13.5 Å². The molecule has 0 aromatic carbocycles. The highest BCUT2D eigenvalue weighted by molar-refractivity contribution is 4.81. The zero-order chi connectivity index (χ0) is 8.48. The molecule has 0 spiro atoms. The van der Waals surface area contributed by atoms with E-state index in [-0.39, 0.29) is 6.04 Å². The fraction of sp³-hybridized carbons (Fsp3) is 1.00. The number of rotatable bonds is 1. The van der Waals surface area contributed by atoms with E-state index >= 15 is 0 Å². The Labute approximate surface area is 66.2 Å². The van der Waals surface area contributed by atoms with E-state index in [1.807, 2.05) is 6.92 Å². The predicted octanol–water partition coefficient (Wildman–Crippen LogP) is 2.03. The Hall–Kier alpha value is -0.180. The highest BCUT2D eigenvalue weighted by atomic mass is 19.3. The van der Waals surface area contributed by atoms with Crippen LogP contribution >= 0.6 is 0 Å². The molecular formula is C8H15F2N. The molecule has 1 heterocycles. The largest absolute Gasteiger partial charge is 0.314 e. The van der Waals surface area contributed by atoms with E-state index in [1.165, 1.54) is 0 Å². The molecule has 11 heavy (non-hydrogen) atoms. The van der Waals surface area contributed by atoms with Crippen LogP contribution < -0.4 is 5.32 Å². The maximum atomic E-state index is 12.8. The third kappa shape index (κ3) is 2.40. The molecule has 0 aliphatic carbocycles. The number of hydrogen-bond acceptors (Lipinski definition) is 1. The van der Waals surface area contributed by atoms with Crippen LogP contribution in [0.1, 0.15) is 26.7 Å². The number of nitrogens with one attached hydrogen (secondary N) is 1. The first-order valence-corrected chi connectivity index (χ1v) is 4.11. The average Bonchev–Trinajstić information content (AvgIpc) is 1.86. The van der Waals surface area contributed by atoms with Crippen molar-refractivity contribution in [2.45, 2.75) is 38.7 Å². The number of alkyl halides is 2. The van der Waals surface area contributed by atoms with Crippen molar-refractivity contribution in [3.05, 3.63) is 0 Å². The molecule has 1 N–H and O–H groups in total. The lowest BCUT2D eigenvalue weighted by atomic mass is 9.88. The summed E-state index contributed by atoms with van der Waals surface area (Å²) in [7, 11) is 0. The standard InChI is InChI=1S/C8H15F2N/c1-6-5-7(3-4-11-6)8(2,9)10/h6-7,11H,3-5H2,1-2H3/t6-,7?/m1/s1. The lowest BCUT2D eigenvalue weighted by Gasteiger charge is -2.31. The van der Waals surface area contributed by atoms with Crippen molar-refractivity contribution >= 4 is 0 Å². The Kier molecular flexibility index (Phi) is 2.47. The van der Waals surface area contributed by atoms with Gasteiger partial charge in [-0.25, -0.2) is 8.78 Å². The first kappa shape index (κ1) is 8.91. The predicted molar refractivity (Wildman–Crippen MR) is 40.8 cm³/mol. The average molecular weight is 163 g/mol. The Morgan fingerprint density at radius 1 is 1.45 bits per heavy atom. The zero-order valence-corrected chi connectivity index (χ0v) is 7.03. The van der Waals surface area contributed by atoms with Gasteiger partial charge in [0, 0.05) is 12.0 Å². The van der Waals surface area contributed by atoms with Gasteiger partial charge >= 0.3 is 0 Å². The lowest BCUT2D eigenvalue weighted by Crippen LogP contribution is -2.41. The van der Waals surface area contributed by atoms with Crippen molar-refractivity contribution in [3.63, 3.8) is 0 Å². The van der Waals surface area contributed by atoms with Crippen LogP contribution in [0, 0.1) is 5.92 Å². The summed E-state index contributed by atoms with van der Waals surface area (Å²) in [5, 5.41) is 3.15. The minimum absolute atomic E-state index is 0.250. The minimum atomic E-state index is -2.49. The molecule has 1 nitrogen and oxygen atoms in total. The van der Waals surface area contributed by atoms with Crippen molar-refractivity contribution in [1.29, 1.82) is 0 Å². The summed E-state index contributed by atoms with van der Waals surface area (Å²) in [4.78, 5) is 0. The first-order chi connectivity index (χ1) is 5.00. The van der Waals surface area contributed by atoms with E-state index in [0.29, 0.717) is 12.8 Å². The fourth-order valence-corrected chi connectivity index (χ4v) is 1.59. The normalized spacial score (nSPS) is 33.8. The molecule has 1 aliphatic rings. The third-order valence-corrected chi connectivity index (χ3v) is 2.34. The third-order valence-electron chi connectivity index (χ3n) is 2.34. The molecule has 0 radical (unpaired) electrons. The molecule has 1 aliphatic heterocycles. The van der Waals surface area contributed by atoms with Crippen LogP contribution in [0.3, 0.4) is 0 Å². The monoisotopic (exact) mass is 163 g/mol. The topological polar surface area (TPSA) is 12.0 Å². The summed E-state index contributed by atoms with van der Waals surface area (Å²) < 4.78 is 25.5. The van der Waals surface area contributed by atoms with Gasteiger partial charge in [-0.15, -0.1) is 0 Å². The molecule has 1 unspecified atom stereocenters. The maximum absolute atomic E-state index is 12.8. The fourth-order valence-electron chi connectivity index (χ4n) is 1.59. The van der Waals surface area contributed by atoms with Crippen molar-refractivity contribution in [2.24, 2.45) is 5.92 Å². The van der Waals surface area contributed by atoms with Gasteiger partial charge in [-0.05, 0) is 33.2 Å². The lowest BCUT2D eigenvalue weighted by molar-refractivity contribution is -0.0550. The number of hydrogen-bond donors (Lipinski definition) is 1. The van der Waals surface area contributed by atoms with Gasteiger partial charge in [0.15, 0.2) is 0 Å². The van der Waals surface area contributed by atoms with E-state index in [1.54, 1.807) is 0 Å². The summed E-state index contributed by atoms with van der Waals surface area (Å²) in [5.41, 5.74) is 0. The summed E-state index contributed by atoms with van der Waals surface area (Å²) in [6.45, 7) is 3.71. The van der Waals surface area contributed by atoms with Gasteiger partial charge in [0.1, 0.15) is 0 Å². The highest BCUT2D eigenvalue weighted by Crippen LogP contribution is 2.31. The van der Waals surface area contributed by atoms with Crippen LogP contribution in [0.2, 0.25) is 0 Å². The van der Waals surface area contributed by atoms with Gasteiger partial charge in [-0.3, -0.25) is 0 Å². The Balaban J connectivity index is 2.46. The van der Waals surface area contributed by atoms with Crippen molar-refractivity contribution in [2.75, 3.05) is 6.54 Å². The molecule has 0 aromatic rings. The van der Waals surface area contributed by atoms with Crippen LogP contribution in [-0.2, 0) is 0 Å². The molecule has 0 amide bonds. The molecule has 1 fully saturated rings. The van der Waals surface area contributed by atoms with Gasteiger partial charge in [-0.1, -0.05) is 0 Å². The summed E-state index contributed by atoms with van der Waals surface area (Å²) >= 11 is 0. The molecule has 1 rings (SSSR count). The summed E-state index contributed by atoms with van der Waals surface area (Å²) in [5.74, 6) is -2.91. The second kappa shape index (κ2) is 3.05. The zero-order valence-electron chi connectivity index (χ0n) is 7.03. The molecular weight excluding hydrogens is 148 g/mol. The van der Waals surface area contributed by atoms with Crippen LogP contribution in [0.5, 0.6) is 0 Å². The molecule has 0 bridgehead atoms. The second-order valence-corrected chi connectivity index (χ2v) is 3.53. The molecule has 66 valence electrons. The quantitative estimate of drug-likeness (QED) is 0.623. The smallest absolute Gasteiger partial charge is 0.248 e. The van der Waals surface area contributed by atoms with Crippen molar-refractivity contribution in [3.8, 4) is 0 Å². The van der Waals surface area contributed by atoms with Gasteiger partial charge in [0.25, 0.3) is 0 Å². The van der Waals surface area contributed by atoms with Gasteiger partial charge < -0.3 is 5.32 Å². The van der Waals surface area contributed by atoms with Crippen LogP contribution in [0.25, 0.3) is 0 Å². The molecule has 0 saturated carbocycles. The van der Waals surface area contributed by atoms with Gasteiger partial charge in [0.05, 0.1) is 0 Å². The Bertz CT molecular complexity index is 131. The van der Waals surface area contributed by atoms with E-state index in [2.05, 4.69) is 5.32 Å². The molecule has 2 atom stereocenters. The van der Waals surface area contributed by atoms with E-state index < -0.39 is 11.8 Å². The SMILES string of the molecule is C[C@@H]1CC(C(C)(F)F)CCN1. The molecule has 3 heteroatoms. The Morgan fingerprint density at radius 3 is 2.45 bits per heavy atom. The van der Waals surface area contributed by atoms with E-state index in [9.17, 15) is 8.78 Å². The summed E-state index contributed by atoms with van der Waals surface area (Å²) in [6.07, 6.45) is 1.21. The van der Waals surface area contributed by atoms with E-state index in [4.69, 9.17) is 0 Å². The minimum Gasteiger partial charge on any atom is -0.314 e. The second-order valence-electron chi connectivity index (χ2n) is 3.53. The van der Waals surface area contributed by atoms with Gasteiger partial charge in [-0.2, -0.15) is 0 Å². The Morgan fingerprint density at radius 2 is 2.09 bits per heavy atom. The molecule has 1 saturated heterocycles. The van der Waals surface area contributed by atoms with Crippen LogP contribution in [0.15, 0.2) is 0 Å². The maximum Gasteiger partial charge on any atom is 0.248 e. The van der Waals surface area contributed by atoms with Crippen molar-refractivity contribution in [1.82, 2.24) is 5.32 Å². The first-order valence-electron chi connectivity index (χ1n) is 4.11. The van der Waals surface area contributed by atoms with Crippen molar-refractivity contribution < 1.29 is 8.78 Å².